The molecule has 0 radical (unpaired) electrons. The number of amides is 1. The van der Waals surface area contributed by atoms with Crippen LogP contribution in [0.1, 0.15) is 25.7 Å². The Morgan fingerprint density at radius 1 is 1.33 bits per heavy atom. The number of aliphatic hydroxyl groups is 1. The second kappa shape index (κ2) is 8.45. The number of nitrogens with zero attached hydrogens (tertiary/aromatic N) is 2. The van der Waals surface area contributed by atoms with Crippen molar-refractivity contribution in [2.75, 3.05) is 46.9 Å². The Kier molecular flexibility index (Phi) is 7.23. The van der Waals surface area contributed by atoms with Crippen LogP contribution in [-0.4, -0.2) is 73.9 Å². The van der Waals surface area contributed by atoms with Gasteiger partial charge in [-0.1, -0.05) is 12.8 Å². The lowest BCUT2D eigenvalue weighted by molar-refractivity contribution is -0.132. The molecule has 1 aliphatic heterocycles. The summed E-state index contributed by atoms with van der Waals surface area (Å²) < 4.78 is 4.87. The number of methoxy groups -OCH3 is 1. The second-order valence-electron chi connectivity index (χ2n) is 5.10. The summed E-state index contributed by atoms with van der Waals surface area (Å²) in [5.74, 6) is 0.170. The fourth-order valence-corrected chi connectivity index (χ4v) is 2.32. The summed E-state index contributed by atoms with van der Waals surface area (Å²) >= 11 is 0. The van der Waals surface area contributed by atoms with E-state index in [1.54, 1.807) is 7.11 Å². The SMILES string of the molecule is COCC(O)CN(C)CC(=O)N1CCCCCC1. The van der Waals surface area contributed by atoms with Crippen LogP contribution in [0.2, 0.25) is 0 Å². The summed E-state index contributed by atoms with van der Waals surface area (Å²) in [6.07, 6.45) is 4.15. The molecule has 1 unspecified atom stereocenters. The van der Waals surface area contributed by atoms with Crippen molar-refractivity contribution in [3.05, 3.63) is 0 Å². The zero-order valence-electron chi connectivity index (χ0n) is 11.6. The third-order valence-corrected chi connectivity index (χ3v) is 3.25. The standard InChI is InChI=1S/C13H26N2O3/c1-14(9-12(16)11-18-2)10-13(17)15-7-5-3-4-6-8-15/h12,16H,3-11H2,1-2H3. The van der Waals surface area contributed by atoms with Crippen molar-refractivity contribution in [1.29, 1.82) is 0 Å². The van der Waals surface area contributed by atoms with Gasteiger partial charge < -0.3 is 14.7 Å². The van der Waals surface area contributed by atoms with Gasteiger partial charge in [0.05, 0.1) is 19.3 Å². The van der Waals surface area contributed by atoms with Crippen LogP contribution in [0.4, 0.5) is 0 Å². The first-order valence-corrected chi connectivity index (χ1v) is 6.77. The first-order valence-electron chi connectivity index (χ1n) is 6.77. The summed E-state index contributed by atoms with van der Waals surface area (Å²) in [4.78, 5) is 15.9. The zero-order chi connectivity index (χ0) is 13.4. The van der Waals surface area contributed by atoms with E-state index in [0.29, 0.717) is 19.7 Å². The van der Waals surface area contributed by atoms with Crippen LogP contribution in [0.3, 0.4) is 0 Å². The number of carbonyl (C=O) groups excluding carboxylic acids is 1. The van der Waals surface area contributed by atoms with Crippen molar-refractivity contribution in [3.8, 4) is 0 Å². The Morgan fingerprint density at radius 2 is 1.94 bits per heavy atom. The first kappa shape index (κ1) is 15.4. The molecule has 1 saturated heterocycles. The summed E-state index contributed by atoms with van der Waals surface area (Å²) in [5.41, 5.74) is 0. The van der Waals surface area contributed by atoms with Gasteiger partial charge >= 0.3 is 0 Å². The third kappa shape index (κ3) is 5.80. The number of ether oxygens (including phenoxy) is 1. The van der Waals surface area contributed by atoms with E-state index < -0.39 is 6.10 Å². The average molecular weight is 258 g/mol. The molecule has 0 aromatic rings. The van der Waals surface area contributed by atoms with Gasteiger partial charge in [-0.05, 0) is 19.9 Å². The van der Waals surface area contributed by atoms with Crippen molar-refractivity contribution >= 4 is 5.91 Å². The van der Waals surface area contributed by atoms with Crippen LogP contribution in [0.15, 0.2) is 0 Å². The van der Waals surface area contributed by atoms with E-state index in [4.69, 9.17) is 4.74 Å². The number of likely N-dealkylation sites (tertiary alicyclic amines) is 1. The molecule has 0 bridgehead atoms. The third-order valence-electron chi connectivity index (χ3n) is 3.25. The lowest BCUT2D eigenvalue weighted by Crippen LogP contribution is -2.42. The molecule has 1 aliphatic rings. The van der Waals surface area contributed by atoms with Gasteiger partial charge in [-0.3, -0.25) is 9.69 Å². The van der Waals surface area contributed by atoms with Crippen molar-refractivity contribution in [3.63, 3.8) is 0 Å². The van der Waals surface area contributed by atoms with Gasteiger partial charge in [-0.2, -0.15) is 0 Å². The van der Waals surface area contributed by atoms with Gasteiger partial charge in [-0.25, -0.2) is 0 Å². The average Bonchev–Trinajstić information content (AvgIpc) is 2.57. The Balaban J connectivity index is 2.29. The molecule has 5 heteroatoms. The highest BCUT2D eigenvalue weighted by molar-refractivity contribution is 5.78. The highest BCUT2D eigenvalue weighted by Crippen LogP contribution is 2.09. The van der Waals surface area contributed by atoms with E-state index in [1.807, 2.05) is 16.8 Å². The minimum atomic E-state index is -0.531. The maximum atomic E-state index is 12.1. The smallest absolute Gasteiger partial charge is 0.236 e. The quantitative estimate of drug-likeness (QED) is 0.746. The van der Waals surface area contributed by atoms with Crippen molar-refractivity contribution in [1.82, 2.24) is 9.80 Å². The van der Waals surface area contributed by atoms with Gasteiger partial charge in [0.25, 0.3) is 0 Å². The number of hydrogen-bond donors (Lipinski definition) is 1. The largest absolute Gasteiger partial charge is 0.389 e. The fraction of sp³-hybridized carbons (Fsp3) is 0.923. The molecule has 1 atom stereocenters. The topological polar surface area (TPSA) is 53.0 Å². The molecule has 1 N–H and O–H groups in total. The Bertz CT molecular complexity index is 240. The zero-order valence-corrected chi connectivity index (χ0v) is 11.6. The van der Waals surface area contributed by atoms with Crippen molar-refractivity contribution in [2.24, 2.45) is 0 Å². The predicted octanol–water partition coefficient (Wildman–Crippen LogP) is 0.328. The lowest BCUT2D eigenvalue weighted by atomic mass is 10.2. The number of likely N-dealkylation sites (N-methyl/N-ethyl adjacent to an activating group) is 1. The molecule has 1 rings (SSSR count). The van der Waals surface area contributed by atoms with Gasteiger partial charge in [0.2, 0.25) is 5.91 Å². The van der Waals surface area contributed by atoms with Gasteiger partial charge in [-0.15, -0.1) is 0 Å². The summed E-state index contributed by atoms with van der Waals surface area (Å²) in [7, 11) is 3.42. The summed E-state index contributed by atoms with van der Waals surface area (Å²) in [6, 6.07) is 0. The van der Waals surface area contributed by atoms with Gasteiger partial charge in [0.1, 0.15) is 0 Å². The van der Waals surface area contributed by atoms with Gasteiger partial charge in [0, 0.05) is 26.7 Å². The monoisotopic (exact) mass is 258 g/mol. The minimum Gasteiger partial charge on any atom is -0.389 e. The molecule has 1 heterocycles. The van der Waals surface area contributed by atoms with E-state index in [-0.39, 0.29) is 5.91 Å². The molecule has 0 aromatic heterocycles. The lowest BCUT2D eigenvalue weighted by Gasteiger charge is -2.25. The van der Waals surface area contributed by atoms with E-state index in [1.165, 1.54) is 12.8 Å². The molecule has 106 valence electrons. The normalized spacial score (nSPS) is 18.8. The molecule has 5 nitrogen and oxygen atoms in total. The summed E-state index contributed by atoms with van der Waals surface area (Å²) in [6.45, 7) is 2.91. The molecular formula is C13H26N2O3. The van der Waals surface area contributed by atoms with E-state index in [0.717, 1.165) is 25.9 Å². The van der Waals surface area contributed by atoms with Crippen LogP contribution >= 0.6 is 0 Å². The molecule has 18 heavy (non-hydrogen) atoms. The van der Waals surface area contributed by atoms with Crippen molar-refractivity contribution in [2.45, 2.75) is 31.8 Å². The molecule has 0 saturated carbocycles. The van der Waals surface area contributed by atoms with Crippen LogP contribution in [0.25, 0.3) is 0 Å². The van der Waals surface area contributed by atoms with Crippen LogP contribution in [0.5, 0.6) is 0 Å². The Labute approximate surface area is 110 Å². The number of hydrogen-bond acceptors (Lipinski definition) is 4. The maximum Gasteiger partial charge on any atom is 0.236 e. The van der Waals surface area contributed by atoms with E-state index in [2.05, 4.69) is 0 Å². The Hall–Kier alpha value is -0.650. The number of carbonyl (C=O) groups is 1. The Morgan fingerprint density at radius 3 is 2.50 bits per heavy atom. The first-order chi connectivity index (χ1) is 8.63. The van der Waals surface area contributed by atoms with E-state index in [9.17, 15) is 9.90 Å². The van der Waals surface area contributed by atoms with Crippen LogP contribution in [-0.2, 0) is 9.53 Å². The fourth-order valence-electron chi connectivity index (χ4n) is 2.32. The maximum absolute atomic E-state index is 12.1. The molecule has 1 fully saturated rings. The van der Waals surface area contributed by atoms with E-state index >= 15 is 0 Å². The van der Waals surface area contributed by atoms with Crippen LogP contribution in [0, 0.1) is 0 Å². The van der Waals surface area contributed by atoms with Crippen LogP contribution < -0.4 is 0 Å². The molecule has 0 aromatic carbocycles. The molecule has 0 aliphatic carbocycles. The molecule has 0 spiro atoms. The predicted molar refractivity (Wildman–Crippen MR) is 70.4 cm³/mol. The second-order valence-corrected chi connectivity index (χ2v) is 5.10. The minimum absolute atomic E-state index is 0.170. The summed E-state index contributed by atoms with van der Waals surface area (Å²) in [5, 5.41) is 9.60. The highest BCUT2D eigenvalue weighted by Gasteiger charge is 2.18. The number of aliphatic hydroxyl groups excluding tert-OH is 1. The van der Waals surface area contributed by atoms with Gasteiger partial charge in [0.15, 0.2) is 0 Å². The number of rotatable bonds is 6. The highest BCUT2D eigenvalue weighted by atomic mass is 16.5. The van der Waals surface area contributed by atoms with Crippen molar-refractivity contribution < 1.29 is 14.6 Å². The molecular weight excluding hydrogens is 232 g/mol. The molecule has 1 amide bonds.